The molecule has 7 heteroatoms. The Hall–Kier alpha value is -2.28. The van der Waals surface area contributed by atoms with E-state index in [9.17, 15) is 9.59 Å². The number of hydrogen-bond acceptors (Lipinski definition) is 5. The number of rotatable bonds is 7. The van der Waals surface area contributed by atoms with Crippen molar-refractivity contribution in [3.63, 3.8) is 0 Å². The zero-order valence-electron chi connectivity index (χ0n) is 15.4. The van der Waals surface area contributed by atoms with Crippen molar-refractivity contribution >= 4 is 11.8 Å². The number of nitrogens with one attached hydrogen (secondary N) is 2. The molecular formula is C19H27N3O4. The molecule has 7 nitrogen and oxygen atoms in total. The molecule has 0 bridgehead atoms. The summed E-state index contributed by atoms with van der Waals surface area (Å²) in [5.41, 5.74) is 0.521. The quantitative estimate of drug-likeness (QED) is 0.762. The summed E-state index contributed by atoms with van der Waals surface area (Å²) < 4.78 is 10.4. The van der Waals surface area contributed by atoms with Crippen molar-refractivity contribution in [3.8, 4) is 11.5 Å². The Balaban J connectivity index is 1.47. The van der Waals surface area contributed by atoms with Crippen LogP contribution in [0, 0.1) is 0 Å². The van der Waals surface area contributed by atoms with Crippen molar-refractivity contribution in [1.82, 2.24) is 15.5 Å². The lowest BCUT2D eigenvalue weighted by Crippen LogP contribution is -2.47. The number of hydrogen-bond donors (Lipinski definition) is 2. The first kappa shape index (κ1) is 18.5. The number of carbonyl (C=O) groups excluding carboxylic acids is 2. The highest BCUT2D eigenvalue weighted by Crippen LogP contribution is 2.23. The Morgan fingerprint density at radius 3 is 2.08 bits per heavy atom. The van der Waals surface area contributed by atoms with Gasteiger partial charge in [-0.25, -0.2) is 0 Å². The minimum absolute atomic E-state index is 0.110. The first-order chi connectivity index (χ1) is 12.6. The number of nitrogens with zero attached hydrogens (tertiary/aromatic N) is 1. The van der Waals surface area contributed by atoms with Gasteiger partial charge in [0.05, 0.1) is 20.8 Å². The summed E-state index contributed by atoms with van der Waals surface area (Å²) in [5, 5.41) is 6.09. The molecule has 2 fully saturated rings. The van der Waals surface area contributed by atoms with Gasteiger partial charge in [-0.2, -0.15) is 0 Å². The van der Waals surface area contributed by atoms with Crippen LogP contribution in [0.4, 0.5) is 0 Å². The number of amides is 2. The normalized spacial score (nSPS) is 18.2. The van der Waals surface area contributed by atoms with Crippen LogP contribution >= 0.6 is 0 Å². The monoisotopic (exact) mass is 361 g/mol. The van der Waals surface area contributed by atoms with E-state index in [-0.39, 0.29) is 17.9 Å². The first-order valence-corrected chi connectivity index (χ1v) is 9.13. The van der Waals surface area contributed by atoms with Gasteiger partial charge in [0, 0.05) is 36.8 Å². The summed E-state index contributed by atoms with van der Waals surface area (Å²) in [4.78, 5) is 26.6. The van der Waals surface area contributed by atoms with Gasteiger partial charge in [-0.15, -0.1) is 0 Å². The highest BCUT2D eigenvalue weighted by Gasteiger charge is 2.26. The molecule has 1 saturated heterocycles. The average Bonchev–Trinajstić information content (AvgIpc) is 3.46. The molecule has 26 heavy (non-hydrogen) atoms. The van der Waals surface area contributed by atoms with Crippen LogP contribution in [0.25, 0.3) is 0 Å². The molecule has 1 aliphatic carbocycles. The number of likely N-dealkylation sites (tertiary alicyclic amines) is 1. The Bertz CT molecular complexity index is 630. The molecule has 142 valence electrons. The van der Waals surface area contributed by atoms with Gasteiger partial charge in [0.2, 0.25) is 5.91 Å². The number of carbonyl (C=O) groups is 2. The standard InChI is InChI=1S/C19H27N3O4/c1-25-16-9-13(10-17(11-16)26-2)19(24)21-15-5-7-22(8-6-15)12-18(23)20-14-3-4-14/h9-11,14-15H,3-8,12H2,1-2H3,(H,20,23)(H,21,24). The van der Waals surface area contributed by atoms with E-state index in [1.165, 1.54) is 0 Å². The minimum atomic E-state index is -0.132. The Morgan fingerprint density at radius 1 is 0.962 bits per heavy atom. The molecule has 2 amide bonds. The van der Waals surface area contributed by atoms with Crippen LogP contribution in [0.1, 0.15) is 36.0 Å². The molecule has 1 saturated carbocycles. The maximum absolute atomic E-state index is 12.5. The fraction of sp³-hybridized carbons (Fsp3) is 0.579. The van der Waals surface area contributed by atoms with Crippen molar-refractivity contribution < 1.29 is 19.1 Å². The van der Waals surface area contributed by atoms with Gasteiger partial charge >= 0.3 is 0 Å². The third kappa shape index (κ3) is 5.11. The van der Waals surface area contributed by atoms with E-state index in [4.69, 9.17) is 9.47 Å². The largest absolute Gasteiger partial charge is 0.497 e. The molecule has 0 aromatic heterocycles. The van der Waals surface area contributed by atoms with E-state index >= 15 is 0 Å². The zero-order valence-corrected chi connectivity index (χ0v) is 15.4. The second kappa shape index (κ2) is 8.40. The van der Waals surface area contributed by atoms with Gasteiger partial charge in [0.25, 0.3) is 5.91 Å². The molecule has 1 aromatic carbocycles. The highest BCUT2D eigenvalue weighted by molar-refractivity contribution is 5.95. The van der Waals surface area contributed by atoms with Gasteiger partial charge < -0.3 is 20.1 Å². The lowest BCUT2D eigenvalue weighted by Gasteiger charge is -2.31. The molecule has 0 unspecified atom stereocenters. The predicted molar refractivity (Wildman–Crippen MR) is 97.6 cm³/mol. The molecule has 0 spiro atoms. The van der Waals surface area contributed by atoms with E-state index in [0.717, 1.165) is 38.8 Å². The lowest BCUT2D eigenvalue weighted by atomic mass is 10.0. The van der Waals surface area contributed by atoms with Crippen molar-refractivity contribution in [3.05, 3.63) is 23.8 Å². The molecule has 2 aliphatic rings. The molecule has 1 aromatic rings. The molecule has 1 heterocycles. The summed E-state index contributed by atoms with van der Waals surface area (Å²) in [6.45, 7) is 2.07. The summed E-state index contributed by atoms with van der Waals surface area (Å²) in [5.74, 6) is 1.16. The second-order valence-electron chi connectivity index (χ2n) is 6.97. The SMILES string of the molecule is COc1cc(OC)cc(C(=O)NC2CCN(CC(=O)NC3CC3)CC2)c1. The van der Waals surface area contributed by atoms with Crippen LogP contribution in [0.15, 0.2) is 18.2 Å². The van der Waals surface area contributed by atoms with Crippen molar-refractivity contribution in [2.24, 2.45) is 0 Å². The number of benzene rings is 1. The lowest BCUT2D eigenvalue weighted by molar-refractivity contribution is -0.122. The maximum atomic E-state index is 12.5. The highest BCUT2D eigenvalue weighted by atomic mass is 16.5. The summed E-state index contributed by atoms with van der Waals surface area (Å²) in [6.07, 6.45) is 3.89. The summed E-state index contributed by atoms with van der Waals surface area (Å²) in [6, 6.07) is 5.66. The smallest absolute Gasteiger partial charge is 0.251 e. The Kier molecular flexibility index (Phi) is 5.98. The van der Waals surface area contributed by atoms with Gasteiger partial charge in [-0.3, -0.25) is 14.5 Å². The predicted octanol–water partition coefficient (Wildman–Crippen LogP) is 1.18. The second-order valence-corrected chi connectivity index (χ2v) is 6.97. The Morgan fingerprint density at radius 2 is 1.54 bits per heavy atom. The van der Waals surface area contributed by atoms with Crippen LogP contribution in [-0.4, -0.2) is 62.7 Å². The first-order valence-electron chi connectivity index (χ1n) is 9.13. The topological polar surface area (TPSA) is 79.9 Å². The molecular weight excluding hydrogens is 334 g/mol. The van der Waals surface area contributed by atoms with E-state index < -0.39 is 0 Å². The maximum Gasteiger partial charge on any atom is 0.251 e. The van der Waals surface area contributed by atoms with Gasteiger partial charge in [0.15, 0.2) is 0 Å². The van der Waals surface area contributed by atoms with Crippen LogP contribution in [0.3, 0.4) is 0 Å². The van der Waals surface area contributed by atoms with Gasteiger partial charge in [-0.1, -0.05) is 0 Å². The Labute approximate surface area is 154 Å². The van der Waals surface area contributed by atoms with Gasteiger partial charge in [-0.05, 0) is 37.8 Å². The van der Waals surface area contributed by atoms with E-state index in [2.05, 4.69) is 15.5 Å². The molecule has 1 aliphatic heterocycles. The van der Waals surface area contributed by atoms with E-state index in [0.29, 0.717) is 29.6 Å². The fourth-order valence-electron chi connectivity index (χ4n) is 3.15. The minimum Gasteiger partial charge on any atom is -0.497 e. The molecule has 2 N–H and O–H groups in total. The third-order valence-electron chi connectivity index (χ3n) is 4.85. The average molecular weight is 361 g/mol. The molecule has 0 atom stereocenters. The van der Waals surface area contributed by atoms with Crippen LogP contribution < -0.4 is 20.1 Å². The van der Waals surface area contributed by atoms with Crippen molar-refractivity contribution in [2.45, 2.75) is 37.8 Å². The van der Waals surface area contributed by atoms with E-state index in [1.807, 2.05) is 0 Å². The third-order valence-corrected chi connectivity index (χ3v) is 4.85. The van der Waals surface area contributed by atoms with Crippen LogP contribution in [0.2, 0.25) is 0 Å². The molecule has 3 rings (SSSR count). The zero-order chi connectivity index (χ0) is 18.5. The van der Waals surface area contributed by atoms with Crippen molar-refractivity contribution in [1.29, 1.82) is 0 Å². The van der Waals surface area contributed by atoms with Crippen LogP contribution in [0.5, 0.6) is 11.5 Å². The molecule has 0 radical (unpaired) electrons. The van der Waals surface area contributed by atoms with Crippen LogP contribution in [-0.2, 0) is 4.79 Å². The van der Waals surface area contributed by atoms with Crippen molar-refractivity contribution in [2.75, 3.05) is 33.9 Å². The number of piperidine rings is 1. The number of ether oxygens (including phenoxy) is 2. The fourth-order valence-corrected chi connectivity index (χ4v) is 3.15. The summed E-state index contributed by atoms with van der Waals surface area (Å²) in [7, 11) is 3.12. The summed E-state index contributed by atoms with van der Waals surface area (Å²) >= 11 is 0. The van der Waals surface area contributed by atoms with E-state index in [1.54, 1.807) is 32.4 Å². The number of methoxy groups -OCH3 is 2. The van der Waals surface area contributed by atoms with Gasteiger partial charge in [0.1, 0.15) is 11.5 Å².